The smallest absolute Gasteiger partial charge is 0.330 e. The summed E-state index contributed by atoms with van der Waals surface area (Å²) in [5, 5.41) is 8.54. The summed E-state index contributed by atoms with van der Waals surface area (Å²) in [5.74, 6) is 1.24. The molecule has 2 rings (SSSR count). The summed E-state index contributed by atoms with van der Waals surface area (Å²) in [4.78, 5) is 10.9. The lowest BCUT2D eigenvalue weighted by molar-refractivity contribution is -0.137. The molecule has 0 spiro atoms. The van der Waals surface area contributed by atoms with Crippen molar-refractivity contribution in [1.82, 2.24) is 0 Å². The molecule has 0 atom stereocenters. The minimum atomic E-state index is -0.365. The van der Waals surface area contributed by atoms with Gasteiger partial charge < -0.3 is 14.2 Å². The molecule has 0 radical (unpaired) electrons. The Morgan fingerprint density at radius 1 is 0.867 bits per heavy atom. The second-order valence-corrected chi connectivity index (χ2v) is 6.67. The Morgan fingerprint density at radius 2 is 1.57 bits per heavy atom. The highest BCUT2D eigenvalue weighted by molar-refractivity contribution is 5.81. The normalized spacial score (nSPS) is 10.7. The third-order valence-electron chi connectivity index (χ3n) is 4.13. The van der Waals surface area contributed by atoms with Crippen LogP contribution in [0.15, 0.2) is 71.4 Å². The van der Waals surface area contributed by atoms with Crippen LogP contribution in [0.3, 0.4) is 0 Å². The lowest BCUT2D eigenvalue weighted by Crippen LogP contribution is -2.02. The summed E-state index contributed by atoms with van der Waals surface area (Å²) in [6, 6.07) is 15.1. The van der Waals surface area contributed by atoms with Crippen LogP contribution >= 0.6 is 0 Å². The fourth-order valence-corrected chi connectivity index (χ4v) is 2.56. The monoisotopic (exact) mass is 410 g/mol. The van der Waals surface area contributed by atoms with E-state index in [9.17, 15) is 4.79 Å². The third kappa shape index (κ3) is 9.37. The molecule has 0 heterocycles. The molecule has 0 aliphatic carbocycles. The van der Waals surface area contributed by atoms with Crippen LogP contribution in [-0.2, 0) is 9.53 Å². The molecule has 2 aromatic rings. The number of benzene rings is 2. The van der Waals surface area contributed by atoms with E-state index in [1.807, 2.05) is 48.5 Å². The largest absolute Gasteiger partial charge is 0.494 e. The van der Waals surface area contributed by atoms with Gasteiger partial charge in [0.05, 0.1) is 31.2 Å². The minimum Gasteiger partial charge on any atom is -0.494 e. The van der Waals surface area contributed by atoms with Crippen LogP contribution in [0.5, 0.6) is 11.5 Å². The Kier molecular flexibility index (Phi) is 10.7. The maximum absolute atomic E-state index is 10.9. The van der Waals surface area contributed by atoms with E-state index in [1.165, 1.54) is 6.08 Å². The van der Waals surface area contributed by atoms with Crippen molar-refractivity contribution in [2.45, 2.75) is 39.0 Å². The molecule has 2 aromatic carbocycles. The number of esters is 1. The predicted molar refractivity (Wildman–Crippen MR) is 118 cm³/mol. The molecular weight excluding hydrogens is 380 g/mol. The summed E-state index contributed by atoms with van der Waals surface area (Å²) in [5.41, 5.74) is 1.51. The first-order valence-corrected chi connectivity index (χ1v) is 10.4. The van der Waals surface area contributed by atoms with Gasteiger partial charge >= 0.3 is 5.97 Å². The van der Waals surface area contributed by atoms with Crippen LogP contribution in [0, 0.1) is 0 Å². The first-order valence-electron chi connectivity index (χ1n) is 10.4. The number of hydrogen-bond donors (Lipinski definition) is 0. The molecular formula is C24H30N2O4. The van der Waals surface area contributed by atoms with E-state index in [-0.39, 0.29) is 5.97 Å². The molecule has 0 bridgehead atoms. The molecule has 0 amide bonds. The fraction of sp³-hybridized carbons (Fsp3) is 0.375. The van der Waals surface area contributed by atoms with Crippen molar-refractivity contribution in [2.75, 3.05) is 19.8 Å². The lowest BCUT2D eigenvalue weighted by atomic mass is 10.2. The fourth-order valence-electron chi connectivity index (χ4n) is 2.56. The highest BCUT2D eigenvalue weighted by Gasteiger charge is 1.99. The number of carbonyl (C=O) groups excluding carboxylic acids is 1. The van der Waals surface area contributed by atoms with Crippen molar-refractivity contribution >= 4 is 17.3 Å². The molecule has 160 valence electrons. The van der Waals surface area contributed by atoms with Crippen LogP contribution in [-0.4, -0.2) is 25.8 Å². The zero-order chi connectivity index (χ0) is 21.4. The molecule has 0 fully saturated rings. The molecule has 0 saturated heterocycles. The topological polar surface area (TPSA) is 69.5 Å². The van der Waals surface area contributed by atoms with Crippen molar-refractivity contribution < 1.29 is 19.0 Å². The van der Waals surface area contributed by atoms with Gasteiger partial charge in [-0.05, 0) is 68.5 Å². The number of ether oxygens (including phenoxy) is 3. The van der Waals surface area contributed by atoms with Gasteiger partial charge in [-0.3, -0.25) is 0 Å². The molecule has 0 N–H and O–H groups in total. The summed E-state index contributed by atoms with van der Waals surface area (Å²) < 4.78 is 16.3. The quantitative estimate of drug-likeness (QED) is 0.153. The Morgan fingerprint density at radius 3 is 2.30 bits per heavy atom. The van der Waals surface area contributed by atoms with E-state index in [4.69, 9.17) is 14.2 Å². The molecule has 0 saturated carbocycles. The van der Waals surface area contributed by atoms with Gasteiger partial charge in [0, 0.05) is 12.1 Å². The second kappa shape index (κ2) is 13.9. The molecule has 30 heavy (non-hydrogen) atoms. The van der Waals surface area contributed by atoms with Gasteiger partial charge in [-0.15, -0.1) is 0 Å². The number of carbonyl (C=O) groups is 1. The van der Waals surface area contributed by atoms with Crippen molar-refractivity contribution in [2.24, 2.45) is 10.2 Å². The minimum absolute atomic E-state index is 0.365. The van der Waals surface area contributed by atoms with Crippen molar-refractivity contribution in [3.63, 3.8) is 0 Å². The molecule has 0 unspecified atom stereocenters. The van der Waals surface area contributed by atoms with Gasteiger partial charge in [0.2, 0.25) is 0 Å². The van der Waals surface area contributed by atoms with E-state index in [2.05, 4.69) is 23.7 Å². The second-order valence-electron chi connectivity index (χ2n) is 6.67. The molecule has 0 aromatic heterocycles. The highest BCUT2D eigenvalue weighted by Crippen LogP contribution is 2.24. The van der Waals surface area contributed by atoms with Crippen LogP contribution in [0.1, 0.15) is 39.0 Å². The van der Waals surface area contributed by atoms with Gasteiger partial charge in [0.15, 0.2) is 0 Å². The summed E-state index contributed by atoms with van der Waals surface area (Å²) in [6.45, 7) is 7.22. The van der Waals surface area contributed by atoms with Crippen LogP contribution in [0.2, 0.25) is 0 Å². The maximum Gasteiger partial charge on any atom is 0.330 e. The van der Waals surface area contributed by atoms with Gasteiger partial charge in [-0.2, -0.15) is 10.2 Å². The zero-order valence-electron chi connectivity index (χ0n) is 17.6. The van der Waals surface area contributed by atoms with Gasteiger partial charge in [-0.25, -0.2) is 4.79 Å². The van der Waals surface area contributed by atoms with Crippen LogP contribution < -0.4 is 9.47 Å². The SMILES string of the molecule is C=CC(=O)OCCCCCCOc1ccc(N=Nc2cccc(OCCC)c2)cc1. The lowest BCUT2D eigenvalue weighted by Gasteiger charge is -2.06. The Bertz CT molecular complexity index is 803. The number of unbranched alkanes of at least 4 members (excludes halogenated alkanes) is 3. The highest BCUT2D eigenvalue weighted by atomic mass is 16.5. The number of nitrogens with zero attached hydrogens (tertiary/aromatic N) is 2. The van der Waals surface area contributed by atoms with Crippen LogP contribution in [0.4, 0.5) is 11.4 Å². The van der Waals surface area contributed by atoms with Gasteiger partial charge in [0.25, 0.3) is 0 Å². The number of azo groups is 1. The number of hydrogen-bond acceptors (Lipinski definition) is 6. The zero-order valence-corrected chi connectivity index (χ0v) is 17.6. The van der Waals surface area contributed by atoms with Gasteiger partial charge in [-0.1, -0.05) is 19.6 Å². The van der Waals surface area contributed by atoms with E-state index in [1.54, 1.807) is 0 Å². The maximum atomic E-state index is 10.9. The van der Waals surface area contributed by atoms with E-state index in [0.29, 0.717) is 19.8 Å². The molecule has 6 nitrogen and oxygen atoms in total. The Hall–Kier alpha value is -3.15. The predicted octanol–water partition coefficient (Wildman–Crippen LogP) is 6.56. The number of rotatable bonds is 14. The van der Waals surface area contributed by atoms with Crippen molar-refractivity contribution in [3.8, 4) is 11.5 Å². The summed E-state index contributed by atoms with van der Waals surface area (Å²) in [7, 11) is 0. The first-order chi connectivity index (χ1) is 14.7. The summed E-state index contributed by atoms with van der Waals surface area (Å²) >= 11 is 0. The van der Waals surface area contributed by atoms with E-state index >= 15 is 0 Å². The molecule has 0 aliphatic heterocycles. The van der Waals surface area contributed by atoms with Crippen molar-refractivity contribution in [3.05, 3.63) is 61.2 Å². The van der Waals surface area contributed by atoms with E-state index < -0.39 is 0 Å². The first kappa shape index (κ1) is 23.1. The summed E-state index contributed by atoms with van der Waals surface area (Å²) in [6.07, 6.45) is 5.98. The average Bonchev–Trinajstić information content (AvgIpc) is 2.79. The van der Waals surface area contributed by atoms with Gasteiger partial charge in [0.1, 0.15) is 11.5 Å². The standard InChI is InChI=1S/C24H30N2O4/c1-3-16-28-23-11-9-10-21(19-23)26-25-20-12-14-22(15-13-20)29-17-7-5-6-8-18-30-24(27)4-2/h4,9-15,19H,2-3,5-8,16-18H2,1H3. The van der Waals surface area contributed by atoms with Crippen molar-refractivity contribution in [1.29, 1.82) is 0 Å². The Labute approximate surface area is 178 Å². The molecule has 6 heteroatoms. The third-order valence-corrected chi connectivity index (χ3v) is 4.13. The van der Waals surface area contributed by atoms with E-state index in [0.717, 1.165) is 55.0 Å². The Balaban J connectivity index is 1.67. The van der Waals surface area contributed by atoms with Crippen LogP contribution in [0.25, 0.3) is 0 Å². The average molecular weight is 411 g/mol. The molecule has 0 aliphatic rings.